The molecule has 1 unspecified atom stereocenters. The lowest BCUT2D eigenvalue weighted by Gasteiger charge is -2.19. The van der Waals surface area contributed by atoms with Crippen LogP contribution in [0.15, 0.2) is 0 Å². The molecule has 0 rings (SSSR count). The number of carbonyl (C=O) groups excluding carboxylic acids is 1. The standard InChI is InChI=1S/C9H19NO2/c1-5-8(3)7-10(4)9(11)12-6-2/h8H,5-7H2,1-4H3. The van der Waals surface area contributed by atoms with Gasteiger partial charge in [-0.25, -0.2) is 4.79 Å². The van der Waals surface area contributed by atoms with Gasteiger partial charge in [0.25, 0.3) is 0 Å². The Labute approximate surface area is 74.7 Å². The highest BCUT2D eigenvalue weighted by Crippen LogP contribution is 2.03. The summed E-state index contributed by atoms with van der Waals surface area (Å²) >= 11 is 0. The fourth-order valence-corrected chi connectivity index (χ4v) is 0.905. The quantitative estimate of drug-likeness (QED) is 0.651. The van der Waals surface area contributed by atoms with Gasteiger partial charge in [-0.1, -0.05) is 20.3 Å². The molecule has 0 spiro atoms. The summed E-state index contributed by atoms with van der Waals surface area (Å²) in [5.41, 5.74) is 0. The third-order valence-corrected chi connectivity index (χ3v) is 1.86. The van der Waals surface area contributed by atoms with Crippen molar-refractivity contribution in [2.45, 2.75) is 27.2 Å². The zero-order valence-electron chi connectivity index (χ0n) is 8.46. The zero-order chi connectivity index (χ0) is 9.56. The Bertz CT molecular complexity index is 136. The van der Waals surface area contributed by atoms with Crippen LogP contribution in [0.1, 0.15) is 27.2 Å². The van der Waals surface area contributed by atoms with Gasteiger partial charge in [-0.15, -0.1) is 0 Å². The van der Waals surface area contributed by atoms with Gasteiger partial charge in [0.15, 0.2) is 0 Å². The zero-order valence-corrected chi connectivity index (χ0v) is 8.46. The fraction of sp³-hybridized carbons (Fsp3) is 0.889. The van der Waals surface area contributed by atoms with Gasteiger partial charge in [0.1, 0.15) is 0 Å². The lowest BCUT2D eigenvalue weighted by Crippen LogP contribution is -2.31. The highest BCUT2D eigenvalue weighted by Gasteiger charge is 2.11. The van der Waals surface area contributed by atoms with Gasteiger partial charge in [0, 0.05) is 13.6 Å². The normalized spacial score (nSPS) is 12.3. The SMILES string of the molecule is CCOC(=O)N(C)CC(C)CC. The van der Waals surface area contributed by atoms with E-state index in [2.05, 4.69) is 13.8 Å². The van der Waals surface area contributed by atoms with E-state index < -0.39 is 0 Å². The summed E-state index contributed by atoms with van der Waals surface area (Å²) in [5.74, 6) is 0.541. The first-order chi connectivity index (χ1) is 5.61. The molecular formula is C9H19NO2. The van der Waals surface area contributed by atoms with E-state index >= 15 is 0 Å². The molecule has 0 bridgehead atoms. The van der Waals surface area contributed by atoms with Crippen LogP contribution in [0.25, 0.3) is 0 Å². The number of ether oxygens (including phenoxy) is 1. The average Bonchev–Trinajstić information content (AvgIpc) is 2.04. The van der Waals surface area contributed by atoms with Crippen molar-refractivity contribution >= 4 is 6.09 Å². The highest BCUT2D eigenvalue weighted by atomic mass is 16.5. The predicted octanol–water partition coefficient (Wildman–Crippen LogP) is 2.12. The molecule has 0 heterocycles. The van der Waals surface area contributed by atoms with Gasteiger partial charge in [-0.3, -0.25) is 0 Å². The van der Waals surface area contributed by atoms with Gasteiger partial charge < -0.3 is 9.64 Å². The predicted molar refractivity (Wildman–Crippen MR) is 49.1 cm³/mol. The van der Waals surface area contributed by atoms with Crippen molar-refractivity contribution in [1.29, 1.82) is 0 Å². The van der Waals surface area contributed by atoms with Gasteiger partial charge in [0.2, 0.25) is 0 Å². The van der Waals surface area contributed by atoms with Crippen molar-refractivity contribution in [3.05, 3.63) is 0 Å². The lowest BCUT2D eigenvalue weighted by atomic mass is 10.1. The summed E-state index contributed by atoms with van der Waals surface area (Å²) in [5, 5.41) is 0. The first-order valence-corrected chi connectivity index (χ1v) is 4.49. The molecule has 3 heteroatoms. The monoisotopic (exact) mass is 173 g/mol. The molecule has 0 aliphatic heterocycles. The Morgan fingerprint density at radius 1 is 1.50 bits per heavy atom. The van der Waals surface area contributed by atoms with Crippen LogP contribution in [0.4, 0.5) is 4.79 Å². The highest BCUT2D eigenvalue weighted by molar-refractivity contribution is 5.67. The number of amides is 1. The van der Waals surface area contributed by atoms with E-state index in [-0.39, 0.29) is 6.09 Å². The molecule has 0 fully saturated rings. The maximum atomic E-state index is 11.1. The third-order valence-electron chi connectivity index (χ3n) is 1.86. The average molecular weight is 173 g/mol. The van der Waals surface area contributed by atoms with E-state index in [1.54, 1.807) is 11.9 Å². The summed E-state index contributed by atoms with van der Waals surface area (Å²) in [6.07, 6.45) is 0.863. The first kappa shape index (κ1) is 11.3. The van der Waals surface area contributed by atoms with E-state index in [0.29, 0.717) is 12.5 Å². The number of carbonyl (C=O) groups is 1. The second kappa shape index (κ2) is 5.86. The molecule has 0 aromatic carbocycles. The molecule has 0 aliphatic rings. The lowest BCUT2D eigenvalue weighted by molar-refractivity contribution is 0.111. The van der Waals surface area contributed by atoms with Gasteiger partial charge in [-0.2, -0.15) is 0 Å². The van der Waals surface area contributed by atoms with Gasteiger partial charge in [0.05, 0.1) is 6.61 Å². The van der Waals surface area contributed by atoms with E-state index in [1.807, 2.05) is 6.92 Å². The van der Waals surface area contributed by atoms with E-state index in [1.165, 1.54) is 0 Å². The van der Waals surface area contributed by atoms with Crippen LogP contribution >= 0.6 is 0 Å². The van der Waals surface area contributed by atoms with Crippen molar-refractivity contribution in [3.63, 3.8) is 0 Å². The van der Waals surface area contributed by atoms with E-state index in [0.717, 1.165) is 13.0 Å². The molecule has 12 heavy (non-hydrogen) atoms. The Balaban J connectivity index is 3.70. The molecular weight excluding hydrogens is 154 g/mol. The summed E-state index contributed by atoms with van der Waals surface area (Å²) in [6.45, 7) is 7.27. The fourth-order valence-electron chi connectivity index (χ4n) is 0.905. The Hall–Kier alpha value is -0.730. The second-order valence-corrected chi connectivity index (χ2v) is 3.09. The Morgan fingerprint density at radius 2 is 2.08 bits per heavy atom. The minimum absolute atomic E-state index is 0.224. The van der Waals surface area contributed by atoms with Crippen LogP contribution in [0, 0.1) is 5.92 Å². The van der Waals surface area contributed by atoms with Crippen molar-refractivity contribution in [2.24, 2.45) is 5.92 Å². The molecule has 0 aromatic rings. The molecule has 3 nitrogen and oxygen atoms in total. The maximum Gasteiger partial charge on any atom is 0.409 e. The van der Waals surface area contributed by atoms with Crippen LogP contribution in [0.2, 0.25) is 0 Å². The Kier molecular flexibility index (Phi) is 5.51. The molecule has 0 aromatic heterocycles. The van der Waals surface area contributed by atoms with Crippen LogP contribution < -0.4 is 0 Å². The molecule has 72 valence electrons. The van der Waals surface area contributed by atoms with E-state index in [4.69, 9.17) is 4.74 Å². The topological polar surface area (TPSA) is 29.5 Å². The molecule has 0 saturated carbocycles. The number of rotatable bonds is 4. The van der Waals surface area contributed by atoms with Crippen LogP contribution in [0.5, 0.6) is 0 Å². The van der Waals surface area contributed by atoms with Crippen LogP contribution in [0.3, 0.4) is 0 Å². The number of hydrogen-bond acceptors (Lipinski definition) is 2. The molecule has 0 radical (unpaired) electrons. The number of hydrogen-bond donors (Lipinski definition) is 0. The molecule has 0 saturated heterocycles. The molecule has 1 amide bonds. The van der Waals surface area contributed by atoms with Crippen molar-refractivity contribution in [3.8, 4) is 0 Å². The van der Waals surface area contributed by atoms with Crippen molar-refractivity contribution in [1.82, 2.24) is 4.90 Å². The molecule has 0 aliphatic carbocycles. The largest absolute Gasteiger partial charge is 0.450 e. The summed E-state index contributed by atoms with van der Waals surface area (Å²) in [6, 6.07) is 0. The van der Waals surface area contributed by atoms with Gasteiger partial charge >= 0.3 is 6.09 Å². The summed E-state index contributed by atoms with van der Waals surface area (Å²) in [7, 11) is 1.77. The van der Waals surface area contributed by atoms with Crippen LogP contribution in [-0.2, 0) is 4.74 Å². The van der Waals surface area contributed by atoms with E-state index in [9.17, 15) is 4.79 Å². The van der Waals surface area contributed by atoms with Crippen molar-refractivity contribution < 1.29 is 9.53 Å². The summed E-state index contributed by atoms with van der Waals surface area (Å²) < 4.78 is 4.84. The second-order valence-electron chi connectivity index (χ2n) is 3.09. The van der Waals surface area contributed by atoms with Crippen LogP contribution in [-0.4, -0.2) is 31.2 Å². The minimum atomic E-state index is -0.224. The third kappa shape index (κ3) is 4.21. The Morgan fingerprint density at radius 3 is 2.50 bits per heavy atom. The maximum absolute atomic E-state index is 11.1. The number of nitrogens with zero attached hydrogens (tertiary/aromatic N) is 1. The minimum Gasteiger partial charge on any atom is -0.450 e. The molecule has 0 N–H and O–H groups in total. The smallest absolute Gasteiger partial charge is 0.409 e. The van der Waals surface area contributed by atoms with Gasteiger partial charge in [-0.05, 0) is 12.8 Å². The molecule has 1 atom stereocenters. The summed E-state index contributed by atoms with van der Waals surface area (Å²) in [4.78, 5) is 12.7. The first-order valence-electron chi connectivity index (χ1n) is 4.49. The van der Waals surface area contributed by atoms with Crippen molar-refractivity contribution in [2.75, 3.05) is 20.2 Å².